The molecule has 3 heteroatoms. The van der Waals surface area contributed by atoms with Crippen molar-refractivity contribution < 1.29 is 0 Å². The number of rotatable bonds is 1. The van der Waals surface area contributed by atoms with Gasteiger partial charge in [-0.05, 0) is 12.1 Å². The van der Waals surface area contributed by atoms with E-state index in [2.05, 4.69) is 72.7 Å². The first-order chi connectivity index (χ1) is 7.51. The van der Waals surface area contributed by atoms with Crippen LogP contribution >= 0.6 is 12.4 Å². The molecule has 0 aromatic carbocycles. The van der Waals surface area contributed by atoms with E-state index in [0.29, 0.717) is 0 Å². The first kappa shape index (κ1) is 17.2. The average Bonchev–Trinajstić information content (AvgIpc) is 2.14. The third kappa shape index (κ3) is 4.16. The minimum Gasteiger partial charge on any atom is -0.378 e. The fraction of sp³-hybridized carbons (Fsp3) is 0.667. The molecule has 0 aliphatic carbocycles. The number of halogens is 1. The van der Waals surface area contributed by atoms with Gasteiger partial charge in [0.05, 0.1) is 0 Å². The molecular formula is C15H27ClN2. The highest BCUT2D eigenvalue weighted by molar-refractivity contribution is 5.85. The molecule has 2 nitrogen and oxygen atoms in total. The molecule has 0 saturated heterocycles. The summed E-state index contributed by atoms with van der Waals surface area (Å²) in [6.45, 7) is 13.3. The molecule has 0 N–H and O–H groups in total. The standard InChI is InChI=1S/C15H26N2.ClH/c1-14(2,3)12-9-11(17(7)8)10-13(16-12)15(4,5)6;/h9-10H,1-8H3;1H. The zero-order valence-electron chi connectivity index (χ0n) is 13.0. The normalized spacial score (nSPS) is 12.0. The molecule has 0 atom stereocenters. The molecular weight excluding hydrogens is 244 g/mol. The summed E-state index contributed by atoms with van der Waals surface area (Å²) in [7, 11) is 4.16. The Bertz CT molecular complexity index is 366. The predicted octanol–water partition coefficient (Wildman–Crippen LogP) is 4.16. The predicted molar refractivity (Wildman–Crippen MR) is 83.2 cm³/mol. The Labute approximate surface area is 118 Å². The summed E-state index contributed by atoms with van der Waals surface area (Å²) in [6, 6.07) is 4.38. The third-order valence-corrected chi connectivity index (χ3v) is 2.86. The highest BCUT2D eigenvalue weighted by Crippen LogP contribution is 2.29. The topological polar surface area (TPSA) is 16.1 Å². The largest absolute Gasteiger partial charge is 0.378 e. The molecule has 18 heavy (non-hydrogen) atoms. The number of hydrogen-bond donors (Lipinski definition) is 0. The van der Waals surface area contributed by atoms with Crippen molar-refractivity contribution in [2.75, 3.05) is 19.0 Å². The Kier molecular flexibility index (Phi) is 5.25. The molecule has 1 aromatic heterocycles. The van der Waals surface area contributed by atoms with Crippen molar-refractivity contribution in [2.45, 2.75) is 52.4 Å². The Morgan fingerprint density at radius 3 is 1.39 bits per heavy atom. The molecule has 0 unspecified atom stereocenters. The fourth-order valence-corrected chi connectivity index (χ4v) is 1.54. The van der Waals surface area contributed by atoms with Crippen LogP contribution in [0.4, 0.5) is 5.69 Å². The number of nitrogens with zero attached hydrogens (tertiary/aromatic N) is 2. The molecule has 0 aliphatic rings. The summed E-state index contributed by atoms with van der Waals surface area (Å²) in [6.07, 6.45) is 0. The Balaban J connectivity index is 0.00000289. The molecule has 0 bridgehead atoms. The molecule has 0 spiro atoms. The van der Waals surface area contributed by atoms with E-state index >= 15 is 0 Å². The molecule has 1 heterocycles. The second-order valence-electron chi connectivity index (χ2n) is 6.99. The van der Waals surface area contributed by atoms with Crippen molar-refractivity contribution >= 4 is 18.1 Å². The highest BCUT2D eigenvalue weighted by atomic mass is 35.5. The van der Waals surface area contributed by atoms with Crippen LogP contribution in [-0.2, 0) is 10.8 Å². The van der Waals surface area contributed by atoms with Crippen LogP contribution in [0, 0.1) is 0 Å². The van der Waals surface area contributed by atoms with Crippen LogP contribution in [0.1, 0.15) is 52.9 Å². The minimum absolute atomic E-state index is 0. The van der Waals surface area contributed by atoms with Crippen LogP contribution in [0.15, 0.2) is 12.1 Å². The van der Waals surface area contributed by atoms with E-state index in [1.165, 1.54) is 5.69 Å². The van der Waals surface area contributed by atoms with Crippen molar-refractivity contribution in [3.05, 3.63) is 23.5 Å². The van der Waals surface area contributed by atoms with Gasteiger partial charge in [0.25, 0.3) is 0 Å². The maximum Gasteiger partial charge on any atom is 0.0481 e. The molecule has 0 fully saturated rings. The molecule has 104 valence electrons. The van der Waals surface area contributed by atoms with Gasteiger partial charge in [-0.25, -0.2) is 0 Å². The molecule has 0 radical (unpaired) electrons. The second kappa shape index (κ2) is 5.48. The number of aromatic nitrogens is 1. The number of pyridine rings is 1. The van der Waals surface area contributed by atoms with Gasteiger partial charge in [0.1, 0.15) is 0 Å². The maximum absolute atomic E-state index is 4.83. The SMILES string of the molecule is CN(C)c1cc(C(C)(C)C)nc(C(C)(C)C)c1.Cl. The van der Waals surface area contributed by atoms with Crippen molar-refractivity contribution in [1.82, 2.24) is 4.98 Å². The Hall–Kier alpha value is -0.760. The summed E-state index contributed by atoms with van der Waals surface area (Å²) in [4.78, 5) is 6.98. The smallest absolute Gasteiger partial charge is 0.0481 e. The lowest BCUT2D eigenvalue weighted by Crippen LogP contribution is -2.22. The van der Waals surface area contributed by atoms with Crippen molar-refractivity contribution in [3.8, 4) is 0 Å². The number of anilines is 1. The first-order valence-electron chi connectivity index (χ1n) is 6.22. The monoisotopic (exact) mass is 270 g/mol. The van der Waals surface area contributed by atoms with E-state index in [9.17, 15) is 0 Å². The van der Waals surface area contributed by atoms with Gasteiger partial charge in [-0.15, -0.1) is 12.4 Å². The lowest BCUT2D eigenvalue weighted by molar-refractivity contribution is 0.531. The third-order valence-electron chi connectivity index (χ3n) is 2.86. The molecule has 0 amide bonds. The van der Waals surface area contributed by atoms with Gasteiger partial charge >= 0.3 is 0 Å². The molecule has 0 aliphatic heterocycles. The van der Waals surface area contributed by atoms with Gasteiger partial charge in [-0.2, -0.15) is 0 Å². The Morgan fingerprint density at radius 1 is 0.833 bits per heavy atom. The lowest BCUT2D eigenvalue weighted by Gasteiger charge is -2.26. The van der Waals surface area contributed by atoms with Crippen molar-refractivity contribution in [1.29, 1.82) is 0 Å². The summed E-state index contributed by atoms with van der Waals surface area (Å²) in [5, 5.41) is 0. The van der Waals surface area contributed by atoms with Crippen LogP contribution in [-0.4, -0.2) is 19.1 Å². The number of hydrogen-bond acceptors (Lipinski definition) is 2. The zero-order valence-corrected chi connectivity index (χ0v) is 13.8. The summed E-state index contributed by atoms with van der Waals surface area (Å²) in [5.74, 6) is 0. The van der Waals surface area contributed by atoms with E-state index < -0.39 is 0 Å². The molecule has 1 rings (SSSR count). The van der Waals surface area contributed by atoms with Crippen LogP contribution in [0.25, 0.3) is 0 Å². The molecule has 1 aromatic rings. The quantitative estimate of drug-likeness (QED) is 0.762. The van der Waals surface area contributed by atoms with Crippen molar-refractivity contribution in [3.63, 3.8) is 0 Å². The maximum atomic E-state index is 4.83. The summed E-state index contributed by atoms with van der Waals surface area (Å²) < 4.78 is 0. The van der Waals surface area contributed by atoms with Crippen LogP contribution in [0.3, 0.4) is 0 Å². The van der Waals surface area contributed by atoms with Gasteiger partial charge in [-0.3, -0.25) is 4.98 Å². The average molecular weight is 271 g/mol. The first-order valence-corrected chi connectivity index (χ1v) is 6.22. The van der Waals surface area contributed by atoms with E-state index in [1.807, 2.05) is 0 Å². The minimum atomic E-state index is 0. The fourth-order valence-electron chi connectivity index (χ4n) is 1.54. The van der Waals surface area contributed by atoms with Crippen LogP contribution < -0.4 is 4.90 Å². The van der Waals surface area contributed by atoms with Crippen LogP contribution in [0.5, 0.6) is 0 Å². The van der Waals surface area contributed by atoms with Gasteiger partial charge in [0.2, 0.25) is 0 Å². The van der Waals surface area contributed by atoms with Gasteiger partial charge < -0.3 is 4.90 Å². The van der Waals surface area contributed by atoms with E-state index in [0.717, 1.165) is 11.4 Å². The van der Waals surface area contributed by atoms with E-state index in [4.69, 9.17) is 4.98 Å². The summed E-state index contributed by atoms with van der Waals surface area (Å²) in [5.41, 5.74) is 3.73. The van der Waals surface area contributed by atoms with Gasteiger partial charge in [0, 0.05) is 42.0 Å². The van der Waals surface area contributed by atoms with Crippen LogP contribution in [0.2, 0.25) is 0 Å². The molecule has 0 saturated carbocycles. The van der Waals surface area contributed by atoms with Crippen molar-refractivity contribution in [2.24, 2.45) is 0 Å². The highest BCUT2D eigenvalue weighted by Gasteiger charge is 2.22. The zero-order chi connectivity index (χ0) is 13.4. The van der Waals surface area contributed by atoms with E-state index in [-0.39, 0.29) is 23.2 Å². The second-order valence-corrected chi connectivity index (χ2v) is 6.99. The van der Waals surface area contributed by atoms with Gasteiger partial charge in [0.15, 0.2) is 0 Å². The van der Waals surface area contributed by atoms with E-state index in [1.54, 1.807) is 0 Å². The summed E-state index contributed by atoms with van der Waals surface area (Å²) >= 11 is 0. The lowest BCUT2D eigenvalue weighted by atomic mass is 9.87. The van der Waals surface area contributed by atoms with Gasteiger partial charge in [-0.1, -0.05) is 41.5 Å². The Morgan fingerprint density at radius 2 is 1.17 bits per heavy atom.